The number of likely N-dealkylation sites (N-methyl/N-ethyl adjacent to an activating group) is 1. The standard InChI is InChI=1S/C14H19NO3/c1-5-15(11(4)16)13(14(17)18)12-7-6-9(2)10(3)8-12/h6-8,13H,5H2,1-4H3,(H,17,18). The molecule has 0 fully saturated rings. The molecule has 1 atom stereocenters. The largest absolute Gasteiger partial charge is 0.479 e. The van der Waals surface area contributed by atoms with E-state index in [0.29, 0.717) is 12.1 Å². The van der Waals surface area contributed by atoms with E-state index in [1.54, 1.807) is 13.0 Å². The number of aryl methyl sites for hydroxylation is 2. The Hall–Kier alpha value is -1.84. The Labute approximate surface area is 107 Å². The van der Waals surface area contributed by atoms with E-state index in [4.69, 9.17) is 0 Å². The summed E-state index contributed by atoms with van der Waals surface area (Å²) in [7, 11) is 0. The van der Waals surface area contributed by atoms with Gasteiger partial charge >= 0.3 is 5.97 Å². The average Bonchev–Trinajstić information content (AvgIpc) is 2.28. The van der Waals surface area contributed by atoms with Gasteiger partial charge in [-0.1, -0.05) is 18.2 Å². The van der Waals surface area contributed by atoms with Crippen LogP contribution in [0.25, 0.3) is 0 Å². The lowest BCUT2D eigenvalue weighted by atomic mass is 10.00. The Balaban J connectivity index is 3.23. The summed E-state index contributed by atoms with van der Waals surface area (Å²) in [5.41, 5.74) is 2.77. The Morgan fingerprint density at radius 2 is 1.89 bits per heavy atom. The molecule has 0 radical (unpaired) electrons. The van der Waals surface area contributed by atoms with Crippen molar-refractivity contribution in [2.45, 2.75) is 33.7 Å². The number of carbonyl (C=O) groups excluding carboxylic acids is 1. The molecule has 0 aliphatic heterocycles. The summed E-state index contributed by atoms with van der Waals surface area (Å²) in [6, 6.07) is 4.58. The molecule has 0 saturated heterocycles. The minimum Gasteiger partial charge on any atom is -0.479 e. The van der Waals surface area contributed by atoms with E-state index in [2.05, 4.69) is 0 Å². The molecule has 0 saturated carbocycles. The first-order chi connectivity index (χ1) is 8.38. The third kappa shape index (κ3) is 2.88. The van der Waals surface area contributed by atoms with Gasteiger partial charge in [0.05, 0.1) is 0 Å². The summed E-state index contributed by atoms with van der Waals surface area (Å²) in [6.07, 6.45) is 0. The Morgan fingerprint density at radius 3 is 2.28 bits per heavy atom. The summed E-state index contributed by atoms with van der Waals surface area (Å²) in [5, 5.41) is 9.34. The van der Waals surface area contributed by atoms with Gasteiger partial charge in [0.15, 0.2) is 6.04 Å². The molecule has 98 valence electrons. The zero-order chi connectivity index (χ0) is 13.9. The zero-order valence-corrected chi connectivity index (χ0v) is 11.2. The topological polar surface area (TPSA) is 57.6 Å². The van der Waals surface area contributed by atoms with Crippen LogP contribution < -0.4 is 0 Å². The van der Waals surface area contributed by atoms with Gasteiger partial charge < -0.3 is 10.0 Å². The Bertz CT molecular complexity index is 468. The fourth-order valence-electron chi connectivity index (χ4n) is 1.98. The Morgan fingerprint density at radius 1 is 1.28 bits per heavy atom. The second-order valence-corrected chi connectivity index (χ2v) is 4.39. The second kappa shape index (κ2) is 5.67. The first-order valence-corrected chi connectivity index (χ1v) is 5.95. The lowest BCUT2D eigenvalue weighted by Crippen LogP contribution is -2.37. The molecule has 0 aliphatic carbocycles. The molecule has 0 aliphatic rings. The Kier molecular flexibility index (Phi) is 4.48. The molecule has 18 heavy (non-hydrogen) atoms. The number of carboxylic acids is 1. The van der Waals surface area contributed by atoms with E-state index in [-0.39, 0.29) is 5.91 Å². The van der Waals surface area contributed by atoms with E-state index in [1.807, 2.05) is 26.0 Å². The molecular formula is C14H19NO3. The van der Waals surface area contributed by atoms with Crippen molar-refractivity contribution in [2.24, 2.45) is 0 Å². The highest BCUT2D eigenvalue weighted by Gasteiger charge is 2.28. The molecule has 1 aromatic rings. The highest BCUT2D eigenvalue weighted by molar-refractivity contribution is 5.83. The lowest BCUT2D eigenvalue weighted by Gasteiger charge is -2.27. The number of aliphatic carboxylic acids is 1. The minimum absolute atomic E-state index is 0.233. The molecule has 1 unspecified atom stereocenters. The molecule has 4 nitrogen and oxygen atoms in total. The molecule has 1 rings (SSSR count). The van der Waals surface area contributed by atoms with Crippen LogP contribution in [-0.2, 0) is 9.59 Å². The normalized spacial score (nSPS) is 12.0. The van der Waals surface area contributed by atoms with Crippen LogP contribution in [0.4, 0.5) is 0 Å². The van der Waals surface area contributed by atoms with Crippen LogP contribution in [0.2, 0.25) is 0 Å². The molecule has 0 heterocycles. The maximum atomic E-state index is 11.5. The number of carbonyl (C=O) groups is 2. The van der Waals surface area contributed by atoms with Gasteiger partial charge in [-0.15, -0.1) is 0 Å². The maximum absolute atomic E-state index is 11.5. The first kappa shape index (κ1) is 14.2. The van der Waals surface area contributed by atoms with Crippen molar-refractivity contribution in [3.63, 3.8) is 0 Å². The molecule has 4 heteroatoms. The average molecular weight is 249 g/mol. The van der Waals surface area contributed by atoms with Gasteiger partial charge in [-0.2, -0.15) is 0 Å². The molecule has 0 aromatic heterocycles. The van der Waals surface area contributed by atoms with E-state index in [1.165, 1.54) is 11.8 Å². The minimum atomic E-state index is -1.00. The fourth-order valence-corrected chi connectivity index (χ4v) is 1.98. The highest BCUT2D eigenvalue weighted by atomic mass is 16.4. The van der Waals surface area contributed by atoms with Crippen molar-refractivity contribution in [1.82, 2.24) is 4.90 Å². The predicted octanol–water partition coefficient (Wildman–Crippen LogP) is 2.30. The molecule has 0 spiro atoms. The van der Waals surface area contributed by atoms with Gasteiger partial charge in [0.2, 0.25) is 5.91 Å². The molecule has 1 amide bonds. The molecule has 1 N–H and O–H groups in total. The third-order valence-corrected chi connectivity index (χ3v) is 3.14. The van der Waals surface area contributed by atoms with Crippen molar-refractivity contribution < 1.29 is 14.7 Å². The number of nitrogens with zero attached hydrogens (tertiary/aromatic N) is 1. The summed E-state index contributed by atoms with van der Waals surface area (Å²) < 4.78 is 0. The van der Waals surface area contributed by atoms with Crippen molar-refractivity contribution >= 4 is 11.9 Å². The number of benzene rings is 1. The molecule has 1 aromatic carbocycles. The molecule has 0 bridgehead atoms. The lowest BCUT2D eigenvalue weighted by molar-refractivity contribution is -0.149. The van der Waals surface area contributed by atoms with E-state index in [0.717, 1.165) is 11.1 Å². The van der Waals surface area contributed by atoms with Crippen molar-refractivity contribution in [1.29, 1.82) is 0 Å². The number of amides is 1. The quantitative estimate of drug-likeness (QED) is 0.890. The number of rotatable bonds is 4. The van der Waals surface area contributed by atoms with E-state index in [9.17, 15) is 14.7 Å². The second-order valence-electron chi connectivity index (χ2n) is 4.39. The SMILES string of the molecule is CCN(C(C)=O)C(C(=O)O)c1ccc(C)c(C)c1. The van der Waals surface area contributed by atoms with Gasteiger partial charge in [-0.05, 0) is 37.5 Å². The summed E-state index contributed by atoms with van der Waals surface area (Å²) in [5.74, 6) is -1.24. The van der Waals surface area contributed by atoms with Crippen molar-refractivity contribution in [3.05, 3.63) is 34.9 Å². The zero-order valence-electron chi connectivity index (χ0n) is 11.2. The number of hydrogen-bond acceptors (Lipinski definition) is 2. The highest BCUT2D eigenvalue weighted by Crippen LogP contribution is 2.23. The third-order valence-electron chi connectivity index (χ3n) is 3.14. The van der Waals surface area contributed by atoms with Crippen LogP contribution in [0.3, 0.4) is 0 Å². The summed E-state index contributed by atoms with van der Waals surface area (Å²) >= 11 is 0. The van der Waals surface area contributed by atoms with Crippen LogP contribution in [0, 0.1) is 13.8 Å². The van der Waals surface area contributed by atoms with Gasteiger partial charge in [0.25, 0.3) is 0 Å². The van der Waals surface area contributed by atoms with Crippen LogP contribution in [0.15, 0.2) is 18.2 Å². The van der Waals surface area contributed by atoms with Crippen molar-refractivity contribution in [2.75, 3.05) is 6.54 Å². The number of carboxylic acid groups (broad SMARTS) is 1. The van der Waals surface area contributed by atoms with E-state index < -0.39 is 12.0 Å². The van der Waals surface area contributed by atoms with Gasteiger partial charge in [-0.25, -0.2) is 4.79 Å². The van der Waals surface area contributed by atoms with Gasteiger partial charge in [0.1, 0.15) is 0 Å². The smallest absolute Gasteiger partial charge is 0.331 e. The van der Waals surface area contributed by atoms with Crippen LogP contribution in [-0.4, -0.2) is 28.4 Å². The van der Waals surface area contributed by atoms with Gasteiger partial charge in [-0.3, -0.25) is 4.79 Å². The van der Waals surface area contributed by atoms with E-state index >= 15 is 0 Å². The van der Waals surface area contributed by atoms with Crippen LogP contribution in [0.5, 0.6) is 0 Å². The van der Waals surface area contributed by atoms with Crippen LogP contribution >= 0.6 is 0 Å². The van der Waals surface area contributed by atoms with Crippen LogP contribution in [0.1, 0.15) is 36.6 Å². The summed E-state index contributed by atoms with van der Waals surface area (Å²) in [6.45, 7) is 7.44. The predicted molar refractivity (Wildman–Crippen MR) is 69.4 cm³/mol. The maximum Gasteiger partial charge on any atom is 0.331 e. The monoisotopic (exact) mass is 249 g/mol. The summed E-state index contributed by atoms with van der Waals surface area (Å²) in [4.78, 5) is 24.3. The van der Waals surface area contributed by atoms with Crippen molar-refractivity contribution in [3.8, 4) is 0 Å². The fraction of sp³-hybridized carbons (Fsp3) is 0.429. The molecular weight excluding hydrogens is 230 g/mol. The number of hydrogen-bond donors (Lipinski definition) is 1. The first-order valence-electron chi connectivity index (χ1n) is 5.95. The van der Waals surface area contributed by atoms with Gasteiger partial charge in [0, 0.05) is 13.5 Å².